The number of anilines is 1. The van der Waals surface area contributed by atoms with Crippen molar-refractivity contribution in [2.75, 3.05) is 18.0 Å². The Morgan fingerprint density at radius 2 is 2.07 bits per heavy atom. The number of H-pyrrole nitrogens is 1. The van der Waals surface area contributed by atoms with Crippen molar-refractivity contribution in [3.63, 3.8) is 0 Å². The predicted molar refractivity (Wildman–Crippen MR) is 57.9 cm³/mol. The summed E-state index contributed by atoms with van der Waals surface area (Å²) < 4.78 is 0. The Bertz CT molecular complexity index is 484. The van der Waals surface area contributed by atoms with Gasteiger partial charge >= 0.3 is 0 Å². The summed E-state index contributed by atoms with van der Waals surface area (Å²) in [4.78, 5) is 18.3. The summed E-state index contributed by atoms with van der Waals surface area (Å²) in [5, 5.41) is 0. The number of hydrogen-bond donors (Lipinski definition) is 1. The van der Waals surface area contributed by atoms with Crippen molar-refractivity contribution in [1.29, 1.82) is 0 Å². The van der Waals surface area contributed by atoms with Crippen LogP contribution in [0.1, 0.15) is 18.7 Å². The molecule has 5 heteroatoms. The molecule has 15 heavy (non-hydrogen) atoms. The largest absolute Gasteiger partial charge is 0.355 e. The minimum Gasteiger partial charge on any atom is -0.355 e. The van der Waals surface area contributed by atoms with Crippen molar-refractivity contribution in [1.82, 2.24) is 19.9 Å². The predicted octanol–water partition coefficient (Wildman–Crippen LogP) is 1.26. The highest BCUT2D eigenvalue weighted by Gasteiger charge is 2.17. The van der Waals surface area contributed by atoms with Crippen molar-refractivity contribution in [2.24, 2.45) is 0 Å². The topological polar surface area (TPSA) is 57.7 Å². The van der Waals surface area contributed by atoms with Crippen LogP contribution in [0.3, 0.4) is 0 Å². The average molecular weight is 203 g/mol. The third-order valence-electron chi connectivity index (χ3n) is 2.79. The normalized spacial score (nSPS) is 16.5. The molecule has 1 saturated heterocycles. The second kappa shape index (κ2) is 3.18. The fourth-order valence-electron chi connectivity index (χ4n) is 2.10. The molecular weight excluding hydrogens is 190 g/mol. The molecule has 3 heterocycles. The van der Waals surface area contributed by atoms with Gasteiger partial charge in [-0.25, -0.2) is 15.0 Å². The number of nitrogens with zero attached hydrogens (tertiary/aromatic N) is 4. The van der Waals surface area contributed by atoms with Crippen molar-refractivity contribution in [2.45, 2.75) is 19.8 Å². The van der Waals surface area contributed by atoms with Gasteiger partial charge in [0.25, 0.3) is 0 Å². The molecule has 0 unspecified atom stereocenters. The summed E-state index contributed by atoms with van der Waals surface area (Å²) in [6, 6.07) is 0. The number of imidazole rings is 1. The lowest BCUT2D eigenvalue weighted by atomic mass is 10.4. The number of rotatable bonds is 1. The van der Waals surface area contributed by atoms with Gasteiger partial charge in [0.2, 0.25) is 0 Å². The highest BCUT2D eigenvalue weighted by molar-refractivity contribution is 5.83. The van der Waals surface area contributed by atoms with Gasteiger partial charge in [0.05, 0.1) is 0 Å². The van der Waals surface area contributed by atoms with E-state index in [9.17, 15) is 0 Å². The fraction of sp³-hybridized carbons (Fsp3) is 0.500. The van der Waals surface area contributed by atoms with Gasteiger partial charge in [-0.3, -0.25) is 0 Å². The lowest BCUT2D eigenvalue weighted by Gasteiger charge is -2.15. The number of nitrogens with one attached hydrogen (secondary N) is 1. The number of aromatic amines is 1. The van der Waals surface area contributed by atoms with E-state index in [1.54, 1.807) is 6.33 Å². The molecule has 1 fully saturated rings. The van der Waals surface area contributed by atoms with E-state index in [1.807, 2.05) is 6.92 Å². The van der Waals surface area contributed by atoms with E-state index in [-0.39, 0.29) is 0 Å². The van der Waals surface area contributed by atoms with Crippen LogP contribution in [0.4, 0.5) is 5.82 Å². The van der Waals surface area contributed by atoms with Gasteiger partial charge in [0, 0.05) is 13.1 Å². The molecule has 1 aliphatic heterocycles. The summed E-state index contributed by atoms with van der Waals surface area (Å²) in [5.74, 6) is 1.89. The molecule has 1 aliphatic rings. The van der Waals surface area contributed by atoms with Crippen LogP contribution in [-0.4, -0.2) is 33.0 Å². The van der Waals surface area contributed by atoms with Gasteiger partial charge < -0.3 is 9.88 Å². The molecule has 0 aliphatic carbocycles. The fourth-order valence-corrected chi connectivity index (χ4v) is 2.10. The maximum atomic E-state index is 4.35. The number of aromatic nitrogens is 4. The van der Waals surface area contributed by atoms with Crippen LogP contribution in [-0.2, 0) is 0 Å². The van der Waals surface area contributed by atoms with Crippen LogP contribution < -0.4 is 4.90 Å². The van der Waals surface area contributed by atoms with E-state index in [1.165, 1.54) is 12.8 Å². The Balaban J connectivity index is 2.16. The maximum Gasteiger partial charge on any atom is 0.183 e. The van der Waals surface area contributed by atoms with Gasteiger partial charge in [-0.15, -0.1) is 0 Å². The standard InChI is InChI=1S/C10H13N5/c1-7-13-8-9(14-7)11-6-12-10(8)15-4-2-3-5-15/h6H,2-5H2,1H3,(H,11,12,13,14). The van der Waals surface area contributed by atoms with Crippen LogP contribution in [0.2, 0.25) is 0 Å². The molecule has 1 N–H and O–H groups in total. The summed E-state index contributed by atoms with van der Waals surface area (Å²) in [6.45, 7) is 4.11. The molecule has 0 atom stereocenters. The Kier molecular flexibility index (Phi) is 1.83. The van der Waals surface area contributed by atoms with Crippen LogP contribution in [0.25, 0.3) is 11.2 Å². The van der Waals surface area contributed by atoms with E-state index < -0.39 is 0 Å². The van der Waals surface area contributed by atoms with Gasteiger partial charge in [0.15, 0.2) is 11.5 Å². The second-order valence-electron chi connectivity index (χ2n) is 3.91. The van der Waals surface area contributed by atoms with E-state index in [2.05, 4.69) is 24.8 Å². The molecule has 0 amide bonds. The zero-order chi connectivity index (χ0) is 10.3. The highest BCUT2D eigenvalue weighted by Crippen LogP contribution is 2.23. The highest BCUT2D eigenvalue weighted by atomic mass is 15.2. The molecule has 78 valence electrons. The van der Waals surface area contributed by atoms with E-state index in [0.717, 1.165) is 35.9 Å². The molecule has 3 rings (SSSR count). The van der Waals surface area contributed by atoms with Crippen molar-refractivity contribution in [3.05, 3.63) is 12.2 Å². The molecule has 0 spiro atoms. The number of hydrogen-bond acceptors (Lipinski definition) is 4. The van der Waals surface area contributed by atoms with Crippen molar-refractivity contribution in [3.8, 4) is 0 Å². The smallest absolute Gasteiger partial charge is 0.183 e. The first-order valence-electron chi connectivity index (χ1n) is 5.27. The first-order chi connectivity index (χ1) is 7.34. The molecule has 0 bridgehead atoms. The number of fused-ring (bicyclic) bond motifs is 1. The molecule has 0 saturated carbocycles. The van der Waals surface area contributed by atoms with Crippen LogP contribution in [0.5, 0.6) is 0 Å². The Labute approximate surface area is 87.6 Å². The minimum atomic E-state index is 0.768. The van der Waals surface area contributed by atoms with Crippen molar-refractivity contribution >= 4 is 17.0 Å². The van der Waals surface area contributed by atoms with Crippen LogP contribution in [0.15, 0.2) is 6.33 Å². The first-order valence-corrected chi connectivity index (χ1v) is 5.27. The molecule has 5 nitrogen and oxygen atoms in total. The van der Waals surface area contributed by atoms with Crippen molar-refractivity contribution < 1.29 is 0 Å². The number of aryl methyl sites for hydroxylation is 1. The average Bonchev–Trinajstić information content (AvgIpc) is 2.82. The van der Waals surface area contributed by atoms with Gasteiger partial charge in [-0.2, -0.15) is 0 Å². The minimum absolute atomic E-state index is 0.768. The molecular formula is C10H13N5. The third kappa shape index (κ3) is 1.35. The van der Waals surface area contributed by atoms with Gasteiger partial charge in [-0.05, 0) is 19.8 Å². The quantitative estimate of drug-likeness (QED) is 0.758. The third-order valence-corrected chi connectivity index (χ3v) is 2.79. The monoisotopic (exact) mass is 203 g/mol. The molecule has 0 radical (unpaired) electrons. The molecule has 0 aromatic carbocycles. The zero-order valence-corrected chi connectivity index (χ0v) is 8.69. The Morgan fingerprint density at radius 1 is 1.27 bits per heavy atom. The van der Waals surface area contributed by atoms with Crippen LogP contribution in [0, 0.1) is 6.92 Å². The lowest BCUT2D eigenvalue weighted by Crippen LogP contribution is -2.19. The molecule has 2 aromatic heterocycles. The van der Waals surface area contributed by atoms with E-state index >= 15 is 0 Å². The van der Waals surface area contributed by atoms with E-state index in [0.29, 0.717) is 0 Å². The molecule has 2 aromatic rings. The van der Waals surface area contributed by atoms with E-state index in [4.69, 9.17) is 0 Å². The summed E-state index contributed by atoms with van der Waals surface area (Å²) >= 11 is 0. The zero-order valence-electron chi connectivity index (χ0n) is 8.69. The SMILES string of the molecule is Cc1nc2ncnc(N3CCCC3)c2[nH]1. The second-order valence-corrected chi connectivity index (χ2v) is 3.91. The Hall–Kier alpha value is -1.65. The van der Waals surface area contributed by atoms with Gasteiger partial charge in [0.1, 0.15) is 17.7 Å². The first kappa shape index (κ1) is 8.64. The Morgan fingerprint density at radius 3 is 2.87 bits per heavy atom. The maximum absolute atomic E-state index is 4.35. The lowest BCUT2D eigenvalue weighted by molar-refractivity contribution is 0.936. The summed E-state index contributed by atoms with van der Waals surface area (Å²) in [6.07, 6.45) is 4.09. The van der Waals surface area contributed by atoms with Crippen LogP contribution >= 0.6 is 0 Å². The summed E-state index contributed by atoms with van der Waals surface area (Å²) in [7, 11) is 0. The van der Waals surface area contributed by atoms with Gasteiger partial charge in [-0.1, -0.05) is 0 Å². The summed E-state index contributed by atoms with van der Waals surface area (Å²) in [5.41, 5.74) is 1.74.